The number of aromatic nitrogens is 2. The van der Waals surface area contributed by atoms with E-state index in [4.69, 9.17) is 4.74 Å². The molecule has 0 saturated heterocycles. The molecule has 0 aliphatic rings. The van der Waals surface area contributed by atoms with Crippen LogP contribution in [0, 0.1) is 6.92 Å². The lowest BCUT2D eigenvalue weighted by Crippen LogP contribution is -2.31. The van der Waals surface area contributed by atoms with Crippen LogP contribution >= 0.6 is 0 Å². The number of nitrogens with one attached hydrogen (secondary N) is 2. The van der Waals surface area contributed by atoms with E-state index in [0.29, 0.717) is 47.7 Å². The van der Waals surface area contributed by atoms with Crippen molar-refractivity contribution in [1.82, 2.24) is 14.9 Å². The van der Waals surface area contributed by atoms with E-state index < -0.39 is 0 Å². The van der Waals surface area contributed by atoms with Gasteiger partial charge in [-0.2, -0.15) is 0 Å². The summed E-state index contributed by atoms with van der Waals surface area (Å²) >= 11 is 0. The summed E-state index contributed by atoms with van der Waals surface area (Å²) in [5.74, 6) is 0.571. The van der Waals surface area contributed by atoms with Gasteiger partial charge in [-0.05, 0) is 55.0 Å². The molecular weight excluding hydrogens is 428 g/mol. The fourth-order valence-corrected chi connectivity index (χ4v) is 3.88. The molecule has 1 amide bonds. The van der Waals surface area contributed by atoms with Gasteiger partial charge in [-0.15, -0.1) is 0 Å². The molecule has 0 spiro atoms. The number of fused-ring (bicyclic) bond motifs is 1. The molecule has 34 heavy (non-hydrogen) atoms. The number of carbonyl (C=O) groups excluding carboxylic acids is 1. The summed E-state index contributed by atoms with van der Waals surface area (Å²) in [6.07, 6.45) is 0. The van der Waals surface area contributed by atoms with Crippen LogP contribution in [0.4, 0.5) is 5.69 Å². The summed E-state index contributed by atoms with van der Waals surface area (Å²) in [4.78, 5) is 29.6. The van der Waals surface area contributed by atoms with Crippen LogP contribution < -0.4 is 20.9 Å². The lowest BCUT2D eigenvalue weighted by atomic mass is 10.1. The number of anilines is 1. The van der Waals surface area contributed by atoms with Crippen molar-refractivity contribution in [3.63, 3.8) is 0 Å². The van der Waals surface area contributed by atoms with Crippen LogP contribution in [0.2, 0.25) is 0 Å². The quantitative estimate of drug-likeness (QED) is 0.416. The van der Waals surface area contributed by atoms with Gasteiger partial charge in [-0.25, -0.2) is 4.98 Å². The van der Waals surface area contributed by atoms with Gasteiger partial charge in [0.25, 0.3) is 5.56 Å². The highest BCUT2D eigenvalue weighted by Crippen LogP contribution is 2.23. The predicted octanol–water partition coefficient (Wildman–Crippen LogP) is 4.13. The van der Waals surface area contributed by atoms with E-state index in [1.807, 2.05) is 36.4 Å². The molecule has 0 atom stereocenters. The molecule has 0 saturated carbocycles. The van der Waals surface area contributed by atoms with E-state index in [2.05, 4.69) is 40.7 Å². The van der Waals surface area contributed by atoms with Gasteiger partial charge in [0.2, 0.25) is 5.91 Å². The molecule has 0 aliphatic heterocycles. The second-order valence-electron chi connectivity index (χ2n) is 8.17. The van der Waals surface area contributed by atoms with Crippen molar-refractivity contribution in [3.05, 3.63) is 88.2 Å². The maximum atomic E-state index is 13.5. The zero-order valence-corrected chi connectivity index (χ0v) is 19.6. The summed E-state index contributed by atoms with van der Waals surface area (Å²) in [5, 5.41) is 6.21. The maximum absolute atomic E-state index is 13.5. The van der Waals surface area contributed by atoms with Crippen LogP contribution in [0.1, 0.15) is 18.1 Å². The van der Waals surface area contributed by atoms with Crippen LogP contribution in [0.25, 0.3) is 22.3 Å². The van der Waals surface area contributed by atoms with Crippen molar-refractivity contribution in [2.75, 3.05) is 19.0 Å². The first kappa shape index (κ1) is 23.0. The maximum Gasteiger partial charge on any atom is 0.277 e. The smallest absolute Gasteiger partial charge is 0.277 e. The summed E-state index contributed by atoms with van der Waals surface area (Å²) < 4.78 is 6.90. The van der Waals surface area contributed by atoms with Gasteiger partial charge in [0.05, 0.1) is 18.1 Å². The molecule has 0 radical (unpaired) electrons. The molecule has 0 unspecified atom stereocenters. The third-order valence-electron chi connectivity index (χ3n) is 5.60. The highest BCUT2D eigenvalue weighted by molar-refractivity contribution is 5.81. The standard InChI is InChI=1S/C27H28N4O3/c1-18-5-4-6-20(15-18)17-29-22-9-12-24-25(16-22)31(14-13-28-19(2)32)27(33)26(30-24)21-7-10-23(34-3)11-8-21/h4-12,15-16,29H,13-14,17H2,1-3H3,(H,28,32). The van der Waals surface area contributed by atoms with E-state index in [1.165, 1.54) is 18.1 Å². The molecule has 3 aromatic carbocycles. The van der Waals surface area contributed by atoms with Crippen LogP contribution in [-0.4, -0.2) is 29.1 Å². The zero-order valence-electron chi connectivity index (χ0n) is 19.6. The zero-order chi connectivity index (χ0) is 24.1. The highest BCUT2D eigenvalue weighted by Gasteiger charge is 2.14. The first-order valence-electron chi connectivity index (χ1n) is 11.2. The van der Waals surface area contributed by atoms with E-state index in [-0.39, 0.29) is 11.5 Å². The Hall–Kier alpha value is -4.13. The molecule has 174 valence electrons. The minimum absolute atomic E-state index is 0.137. The molecule has 1 heterocycles. The Morgan fingerprint density at radius 1 is 1.06 bits per heavy atom. The highest BCUT2D eigenvalue weighted by atomic mass is 16.5. The third kappa shape index (κ3) is 5.26. The fraction of sp³-hybridized carbons (Fsp3) is 0.222. The molecule has 2 N–H and O–H groups in total. The van der Waals surface area contributed by atoms with Crippen LogP contribution in [0.3, 0.4) is 0 Å². The SMILES string of the molecule is COc1ccc(-c2nc3ccc(NCc4cccc(C)c4)cc3n(CCNC(C)=O)c2=O)cc1. The van der Waals surface area contributed by atoms with E-state index in [9.17, 15) is 9.59 Å². The van der Waals surface area contributed by atoms with Crippen molar-refractivity contribution in [2.45, 2.75) is 26.9 Å². The fourth-order valence-electron chi connectivity index (χ4n) is 3.88. The van der Waals surface area contributed by atoms with Gasteiger partial charge in [-0.3, -0.25) is 9.59 Å². The Bertz CT molecular complexity index is 1380. The number of rotatable bonds is 8. The van der Waals surface area contributed by atoms with Gasteiger partial charge in [0.1, 0.15) is 11.4 Å². The first-order chi connectivity index (χ1) is 16.4. The molecule has 0 bridgehead atoms. The van der Waals surface area contributed by atoms with Crippen LogP contribution in [0.15, 0.2) is 71.5 Å². The van der Waals surface area contributed by atoms with Crippen molar-refractivity contribution >= 4 is 22.6 Å². The minimum atomic E-state index is -0.209. The number of ether oxygens (including phenoxy) is 1. The van der Waals surface area contributed by atoms with Gasteiger partial charge >= 0.3 is 0 Å². The molecule has 0 aliphatic carbocycles. The molecular formula is C27H28N4O3. The van der Waals surface area contributed by atoms with Crippen molar-refractivity contribution in [1.29, 1.82) is 0 Å². The van der Waals surface area contributed by atoms with Crippen LogP contribution in [0.5, 0.6) is 5.75 Å². The third-order valence-corrected chi connectivity index (χ3v) is 5.60. The number of carbonyl (C=O) groups is 1. The molecule has 4 rings (SSSR count). The summed E-state index contributed by atoms with van der Waals surface area (Å²) in [7, 11) is 1.60. The Morgan fingerprint density at radius 2 is 1.85 bits per heavy atom. The van der Waals surface area contributed by atoms with E-state index >= 15 is 0 Å². The minimum Gasteiger partial charge on any atom is -0.497 e. The number of aryl methyl sites for hydroxylation is 1. The lowest BCUT2D eigenvalue weighted by molar-refractivity contribution is -0.118. The molecule has 7 nitrogen and oxygen atoms in total. The summed E-state index contributed by atoms with van der Waals surface area (Å²) in [6, 6.07) is 21.4. The summed E-state index contributed by atoms with van der Waals surface area (Å²) in [5.41, 5.74) is 5.55. The molecule has 7 heteroatoms. The number of benzene rings is 3. The van der Waals surface area contributed by atoms with Gasteiger partial charge < -0.3 is 19.9 Å². The van der Waals surface area contributed by atoms with E-state index in [1.54, 1.807) is 23.8 Å². The van der Waals surface area contributed by atoms with Gasteiger partial charge in [0.15, 0.2) is 0 Å². The van der Waals surface area contributed by atoms with Crippen molar-refractivity contribution in [3.8, 4) is 17.0 Å². The van der Waals surface area contributed by atoms with E-state index in [0.717, 1.165) is 5.69 Å². The Morgan fingerprint density at radius 3 is 2.56 bits per heavy atom. The number of methoxy groups -OCH3 is 1. The summed E-state index contributed by atoms with van der Waals surface area (Å²) in [6.45, 7) is 4.88. The van der Waals surface area contributed by atoms with Gasteiger partial charge in [0, 0.05) is 37.8 Å². The Kier molecular flexibility index (Phi) is 6.92. The number of amides is 1. The van der Waals surface area contributed by atoms with Gasteiger partial charge in [-0.1, -0.05) is 29.8 Å². The molecule has 1 aromatic heterocycles. The topological polar surface area (TPSA) is 85.2 Å². The van der Waals surface area contributed by atoms with Crippen molar-refractivity contribution in [2.24, 2.45) is 0 Å². The van der Waals surface area contributed by atoms with Crippen molar-refractivity contribution < 1.29 is 9.53 Å². The number of nitrogens with zero attached hydrogens (tertiary/aromatic N) is 2. The second-order valence-corrected chi connectivity index (χ2v) is 8.17. The average molecular weight is 457 g/mol. The monoisotopic (exact) mass is 456 g/mol. The Balaban J connectivity index is 1.72. The predicted molar refractivity (Wildman–Crippen MR) is 135 cm³/mol. The molecule has 0 fully saturated rings. The first-order valence-corrected chi connectivity index (χ1v) is 11.2. The molecule has 4 aromatic rings. The van der Waals surface area contributed by atoms with Crippen LogP contribution in [-0.2, 0) is 17.9 Å². The Labute approximate surface area is 198 Å². The number of hydrogen-bond acceptors (Lipinski definition) is 5. The number of hydrogen-bond donors (Lipinski definition) is 2. The normalized spacial score (nSPS) is 10.8. The largest absolute Gasteiger partial charge is 0.497 e. The lowest BCUT2D eigenvalue weighted by Gasteiger charge is -2.15. The average Bonchev–Trinajstić information content (AvgIpc) is 2.84. The second kappa shape index (κ2) is 10.2.